The van der Waals surface area contributed by atoms with Crippen LogP contribution in [0.25, 0.3) is 0 Å². The normalized spacial score (nSPS) is 15.1. The van der Waals surface area contributed by atoms with Gasteiger partial charge in [-0.3, -0.25) is 14.3 Å². The Labute approximate surface area is 157 Å². The number of H-pyrrole nitrogens is 1. The van der Waals surface area contributed by atoms with Crippen LogP contribution in [0.5, 0.6) is 5.75 Å². The number of halogens is 1. The van der Waals surface area contributed by atoms with Gasteiger partial charge in [-0.25, -0.2) is 9.18 Å². The van der Waals surface area contributed by atoms with Gasteiger partial charge >= 0.3 is 5.69 Å². The molecule has 0 amide bonds. The topological polar surface area (TPSA) is 70.6 Å². The average Bonchev–Trinajstić information content (AvgIpc) is 2.68. The zero-order chi connectivity index (χ0) is 19.4. The summed E-state index contributed by atoms with van der Waals surface area (Å²) in [5.74, 6) is 0.233. The zero-order valence-electron chi connectivity index (χ0n) is 15.7. The van der Waals surface area contributed by atoms with E-state index in [0.29, 0.717) is 17.9 Å². The van der Waals surface area contributed by atoms with E-state index in [-0.39, 0.29) is 17.1 Å². The van der Waals surface area contributed by atoms with E-state index in [2.05, 4.69) is 14.8 Å². The molecule has 0 bridgehead atoms. The summed E-state index contributed by atoms with van der Waals surface area (Å²) in [5.41, 5.74) is 0.846. The fourth-order valence-corrected chi connectivity index (χ4v) is 3.40. The van der Waals surface area contributed by atoms with Crippen LogP contribution in [0.1, 0.15) is 12.0 Å². The highest BCUT2D eigenvalue weighted by molar-refractivity contribution is 5.58. The van der Waals surface area contributed by atoms with E-state index in [4.69, 9.17) is 4.74 Å². The van der Waals surface area contributed by atoms with Gasteiger partial charge < -0.3 is 14.6 Å². The lowest BCUT2D eigenvalue weighted by atomic mass is 10.2. The van der Waals surface area contributed by atoms with Crippen molar-refractivity contribution in [2.24, 2.45) is 0 Å². The van der Waals surface area contributed by atoms with E-state index in [1.807, 2.05) is 0 Å². The molecular weight excluding hydrogens is 351 g/mol. The van der Waals surface area contributed by atoms with Gasteiger partial charge in [0.2, 0.25) is 0 Å². The SMILES string of the molecule is COc1cc(F)ccc1N1CCN(CCCn2c(=O)[nH]cc(C)c2=O)CC1. The van der Waals surface area contributed by atoms with Crippen LogP contribution in [0.3, 0.4) is 0 Å². The first-order valence-electron chi connectivity index (χ1n) is 9.09. The number of hydrogen-bond donors (Lipinski definition) is 1. The molecule has 0 unspecified atom stereocenters. The molecule has 0 saturated carbocycles. The lowest BCUT2D eigenvalue weighted by Crippen LogP contribution is -2.47. The van der Waals surface area contributed by atoms with Gasteiger partial charge in [0, 0.05) is 50.6 Å². The number of benzene rings is 1. The molecule has 1 saturated heterocycles. The summed E-state index contributed by atoms with van der Waals surface area (Å²) in [5, 5.41) is 0. The highest BCUT2D eigenvalue weighted by Gasteiger charge is 2.20. The van der Waals surface area contributed by atoms with Gasteiger partial charge in [0.1, 0.15) is 11.6 Å². The monoisotopic (exact) mass is 376 g/mol. The number of aromatic nitrogens is 2. The lowest BCUT2D eigenvalue weighted by molar-refractivity contribution is 0.248. The Morgan fingerprint density at radius 3 is 2.59 bits per heavy atom. The minimum absolute atomic E-state index is 0.230. The van der Waals surface area contributed by atoms with E-state index in [9.17, 15) is 14.0 Å². The molecule has 2 aromatic rings. The van der Waals surface area contributed by atoms with E-state index >= 15 is 0 Å². The summed E-state index contributed by atoms with van der Waals surface area (Å²) in [6.07, 6.45) is 2.18. The number of piperazine rings is 1. The van der Waals surface area contributed by atoms with Crippen LogP contribution in [0.4, 0.5) is 10.1 Å². The van der Waals surface area contributed by atoms with Gasteiger partial charge in [-0.2, -0.15) is 0 Å². The Morgan fingerprint density at radius 1 is 1.15 bits per heavy atom. The number of anilines is 1. The smallest absolute Gasteiger partial charge is 0.328 e. The van der Waals surface area contributed by atoms with Crippen LogP contribution in [0, 0.1) is 12.7 Å². The van der Waals surface area contributed by atoms with Crippen molar-refractivity contribution < 1.29 is 9.13 Å². The Hall–Kier alpha value is -2.61. The second-order valence-corrected chi connectivity index (χ2v) is 6.73. The highest BCUT2D eigenvalue weighted by Crippen LogP contribution is 2.29. The molecule has 2 heterocycles. The molecule has 1 N–H and O–H groups in total. The number of aromatic amines is 1. The van der Waals surface area contributed by atoms with E-state index < -0.39 is 0 Å². The Morgan fingerprint density at radius 2 is 1.89 bits per heavy atom. The number of methoxy groups -OCH3 is 1. The Kier molecular flexibility index (Phi) is 5.95. The second-order valence-electron chi connectivity index (χ2n) is 6.73. The van der Waals surface area contributed by atoms with Crippen molar-refractivity contribution in [1.82, 2.24) is 14.5 Å². The van der Waals surface area contributed by atoms with E-state index in [1.54, 1.807) is 20.1 Å². The summed E-state index contributed by atoms with van der Waals surface area (Å²) in [7, 11) is 1.55. The van der Waals surface area contributed by atoms with E-state index in [1.165, 1.54) is 22.9 Å². The van der Waals surface area contributed by atoms with Crippen molar-refractivity contribution in [3.8, 4) is 5.75 Å². The minimum Gasteiger partial charge on any atom is -0.494 e. The molecular formula is C19H25FN4O3. The molecule has 3 rings (SSSR count). The molecule has 1 aromatic heterocycles. The summed E-state index contributed by atoms with van der Waals surface area (Å²) in [6.45, 7) is 6.26. The predicted molar refractivity (Wildman–Crippen MR) is 102 cm³/mol. The van der Waals surface area contributed by atoms with Crippen molar-refractivity contribution in [3.63, 3.8) is 0 Å². The molecule has 0 atom stereocenters. The number of rotatable bonds is 6. The Bertz CT molecular complexity index is 901. The molecule has 0 aliphatic carbocycles. The van der Waals surface area contributed by atoms with Crippen LogP contribution >= 0.6 is 0 Å². The number of nitrogens with zero attached hydrogens (tertiary/aromatic N) is 3. The molecule has 1 aliphatic heterocycles. The Balaban J connectivity index is 1.53. The predicted octanol–water partition coefficient (Wildman–Crippen LogP) is 1.21. The highest BCUT2D eigenvalue weighted by atomic mass is 19.1. The van der Waals surface area contributed by atoms with Gasteiger partial charge in [0.25, 0.3) is 5.56 Å². The van der Waals surface area contributed by atoms with Gasteiger partial charge in [0.05, 0.1) is 12.8 Å². The molecule has 146 valence electrons. The number of hydrogen-bond acceptors (Lipinski definition) is 5. The molecule has 1 aromatic carbocycles. The van der Waals surface area contributed by atoms with Crippen molar-refractivity contribution in [2.45, 2.75) is 19.9 Å². The summed E-state index contributed by atoms with van der Waals surface area (Å²) >= 11 is 0. The van der Waals surface area contributed by atoms with Gasteiger partial charge in [-0.1, -0.05) is 0 Å². The maximum atomic E-state index is 13.4. The summed E-state index contributed by atoms with van der Waals surface area (Å²) < 4.78 is 19.9. The summed E-state index contributed by atoms with van der Waals surface area (Å²) in [4.78, 5) is 30.9. The maximum absolute atomic E-state index is 13.4. The van der Waals surface area contributed by atoms with Crippen molar-refractivity contribution >= 4 is 5.69 Å². The van der Waals surface area contributed by atoms with Crippen LogP contribution in [0.15, 0.2) is 34.0 Å². The molecule has 8 heteroatoms. The van der Waals surface area contributed by atoms with Crippen molar-refractivity contribution in [3.05, 3.63) is 56.6 Å². The van der Waals surface area contributed by atoms with Crippen LogP contribution in [-0.4, -0.2) is 54.3 Å². The average molecular weight is 376 g/mol. The minimum atomic E-state index is -0.362. The first-order chi connectivity index (χ1) is 13.0. The largest absolute Gasteiger partial charge is 0.494 e. The van der Waals surface area contributed by atoms with Crippen LogP contribution in [0.2, 0.25) is 0 Å². The van der Waals surface area contributed by atoms with E-state index in [0.717, 1.165) is 44.8 Å². The quantitative estimate of drug-likeness (QED) is 0.821. The fourth-order valence-electron chi connectivity index (χ4n) is 3.40. The maximum Gasteiger partial charge on any atom is 0.328 e. The van der Waals surface area contributed by atoms with Gasteiger partial charge in [0.15, 0.2) is 0 Å². The fraction of sp³-hybridized carbons (Fsp3) is 0.474. The first kappa shape index (κ1) is 19.2. The first-order valence-corrected chi connectivity index (χ1v) is 9.09. The van der Waals surface area contributed by atoms with Crippen molar-refractivity contribution in [1.29, 1.82) is 0 Å². The molecule has 27 heavy (non-hydrogen) atoms. The lowest BCUT2D eigenvalue weighted by Gasteiger charge is -2.36. The molecule has 1 fully saturated rings. The number of aryl methyl sites for hydroxylation is 1. The second kappa shape index (κ2) is 8.39. The van der Waals surface area contributed by atoms with Crippen LogP contribution in [-0.2, 0) is 6.54 Å². The third kappa shape index (κ3) is 4.39. The van der Waals surface area contributed by atoms with Gasteiger partial charge in [-0.05, 0) is 32.0 Å². The number of ether oxygens (including phenoxy) is 1. The van der Waals surface area contributed by atoms with Crippen LogP contribution < -0.4 is 20.9 Å². The molecule has 7 nitrogen and oxygen atoms in total. The summed E-state index contributed by atoms with van der Waals surface area (Å²) in [6, 6.07) is 4.60. The third-order valence-electron chi connectivity index (χ3n) is 4.95. The third-order valence-corrected chi connectivity index (χ3v) is 4.95. The zero-order valence-corrected chi connectivity index (χ0v) is 15.7. The van der Waals surface area contributed by atoms with Crippen molar-refractivity contribution in [2.75, 3.05) is 44.7 Å². The standard InChI is InChI=1S/C19H25FN4O3/c1-14-13-21-19(26)24(18(14)25)7-3-6-22-8-10-23(11-9-22)16-5-4-15(20)12-17(16)27-2/h4-5,12-13H,3,6-11H2,1-2H3,(H,21,26). The molecule has 0 radical (unpaired) electrons. The van der Waals surface area contributed by atoms with Gasteiger partial charge in [-0.15, -0.1) is 0 Å². The molecule has 0 spiro atoms. The molecule has 1 aliphatic rings. The number of nitrogens with one attached hydrogen (secondary N) is 1.